The van der Waals surface area contributed by atoms with Crippen molar-refractivity contribution in [3.63, 3.8) is 0 Å². The number of carbonyl (C=O) groups excluding carboxylic acids is 2. The molecule has 0 atom stereocenters. The number of hydrogen-bond donors (Lipinski definition) is 2. The summed E-state index contributed by atoms with van der Waals surface area (Å²) < 4.78 is 1.15. The van der Waals surface area contributed by atoms with Crippen molar-refractivity contribution in [3.8, 4) is 5.88 Å². The highest BCUT2D eigenvalue weighted by Crippen LogP contribution is 2.31. The van der Waals surface area contributed by atoms with E-state index >= 15 is 0 Å². The van der Waals surface area contributed by atoms with Gasteiger partial charge in [0.25, 0.3) is 5.91 Å². The summed E-state index contributed by atoms with van der Waals surface area (Å²) in [5.74, 6) is -1.06. The lowest BCUT2D eigenvalue weighted by Gasteiger charge is -2.04. The second-order valence-electron chi connectivity index (χ2n) is 4.83. The fraction of sp³-hybridized carbons (Fsp3) is 0.125. The Morgan fingerprint density at radius 2 is 2.00 bits per heavy atom. The number of aromatic hydroxyl groups is 1. The molecule has 1 amide bonds. The first-order chi connectivity index (χ1) is 10.6. The number of para-hydroxylation sites is 1. The summed E-state index contributed by atoms with van der Waals surface area (Å²) in [6.45, 7) is 1.73. The number of hydrogen-bond acceptors (Lipinski definition) is 4. The van der Waals surface area contributed by atoms with Gasteiger partial charge in [-0.3, -0.25) is 9.59 Å². The molecule has 0 aliphatic carbocycles. The van der Waals surface area contributed by atoms with Gasteiger partial charge in [0.05, 0.1) is 12.1 Å². The van der Waals surface area contributed by atoms with Crippen molar-refractivity contribution < 1.29 is 14.7 Å². The van der Waals surface area contributed by atoms with Crippen LogP contribution in [-0.4, -0.2) is 21.5 Å². The molecule has 2 aromatic heterocycles. The first kappa shape index (κ1) is 14.3. The van der Waals surface area contributed by atoms with Gasteiger partial charge in [-0.1, -0.05) is 24.3 Å². The summed E-state index contributed by atoms with van der Waals surface area (Å²) >= 11 is 1.54. The highest BCUT2D eigenvalue weighted by molar-refractivity contribution is 7.09. The van der Waals surface area contributed by atoms with E-state index in [-0.39, 0.29) is 17.4 Å². The minimum atomic E-state index is -0.401. The van der Waals surface area contributed by atoms with Gasteiger partial charge >= 0.3 is 0 Å². The van der Waals surface area contributed by atoms with Crippen LogP contribution in [0.25, 0.3) is 10.9 Å². The van der Waals surface area contributed by atoms with Crippen LogP contribution in [0.1, 0.15) is 27.0 Å². The molecule has 3 rings (SSSR count). The first-order valence-electron chi connectivity index (χ1n) is 6.73. The first-order valence-corrected chi connectivity index (χ1v) is 7.61. The minimum absolute atomic E-state index is 0.127. The standard InChI is InChI=1S/C16H14N2O3S/c1-10(19)18-13-7-3-2-6-12(13)14(16(18)21)15(20)17-9-11-5-4-8-22-11/h2-8,21H,9H2,1H3,(H,17,20). The molecule has 0 spiro atoms. The average Bonchev–Trinajstić information content (AvgIpc) is 3.09. The molecule has 0 aliphatic rings. The Morgan fingerprint density at radius 1 is 1.23 bits per heavy atom. The van der Waals surface area contributed by atoms with Crippen molar-refractivity contribution in [1.29, 1.82) is 0 Å². The highest BCUT2D eigenvalue weighted by atomic mass is 32.1. The van der Waals surface area contributed by atoms with Crippen LogP contribution < -0.4 is 5.32 Å². The van der Waals surface area contributed by atoms with E-state index in [1.54, 1.807) is 35.6 Å². The number of rotatable bonds is 3. The summed E-state index contributed by atoms with van der Waals surface area (Å²) in [5, 5.41) is 15.6. The molecule has 0 saturated heterocycles. The Labute approximate surface area is 130 Å². The molecule has 112 valence electrons. The van der Waals surface area contributed by atoms with Crippen molar-refractivity contribution in [1.82, 2.24) is 9.88 Å². The second kappa shape index (κ2) is 5.65. The van der Waals surface area contributed by atoms with Crippen LogP contribution in [0.2, 0.25) is 0 Å². The highest BCUT2D eigenvalue weighted by Gasteiger charge is 2.23. The van der Waals surface area contributed by atoms with E-state index in [1.165, 1.54) is 6.92 Å². The molecule has 5 nitrogen and oxygen atoms in total. The summed E-state index contributed by atoms with van der Waals surface area (Å²) in [7, 11) is 0. The van der Waals surface area contributed by atoms with Crippen LogP contribution in [0.3, 0.4) is 0 Å². The maximum absolute atomic E-state index is 12.4. The van der Waals surface area contributed by atoms with Crippen LogP contribution in [0.5, 0.6) is 5.88 Å². The predicted molar refractivity (Wildman–Crippen MR) is 85.4 cm³/mol. The van der Waals surface area contributed by atoms with Crippen LogP contribution >= 0.6 is 11.3 Å². The predicted octanol–water partition coefficient (Wildman–Crippen LogP) is 3.00. The van der Waals surface area contributed by atoms with Crippen molar-refractivity contribution in [2.24, 2.45) is 0 Å². The normalized spacial score (nSPS) is 10.8. The Balaban J connectivity index is 2.01. The van der Waals surface area contributed by atoms with Crippen molar-refractivity contribution in [3.05, 3.63) is 52.2 Å². The molecule has 3 aromatic rings. The van der Waals surface area contributed by atoms with E-state index in [0.717, 1.165) is 9.44 Å². The third-order valence-corrected chi connectivity index (χ3v) is 4.27. The number of fused-ring (bicyclic) bond motifs is 1. The minimum Gasteiger partial charge on any atom is -0.494 e. The van der Waals surface area contributed by atoms with Gasteiger partial charge in [-0.2, -0.15) is 0 Å². The van der Waals surface area contributed by atoms with Crippen molar-refractivity contribution in [2.75, 3.05) is 0 Å². The molecule has 1 aromatic carbocycles. The number of benzene rings is 1. The fourth-order valence-corrected chi connectivity index (χ4v) is 3.08. The molecular weight excluding hydrogens is 300 g/mol. The molecule has 0 fully saturated rings. The van der Waals surface area contributed by atoms with Crippen LogP contribution in [-0.2, 0) is 6.54 Å². The molecule has 6 heteroatoms. The third kappa shape index (κ3) is 2.37. The molecule has 22 heavy (non-hydrogen) atoms. The maximum atomic E-state index is 12.4. The Hall–Kier alpha value is -2.60. The van der Waals surface area contributed by atoms with E-state index in [4.69, 9.17) is 0 Å². The smallest absolute Gasteiger partial charge is 0.257 e. The van der Waals surface area contributed by atoms with E-state index in [1.807, 2.05) is 17.5 Å². The number of nitrogens with one attached hydrogen (secondary N) is 1. The molecule has 0 saturated carbocycles. The van der Waals surface area contributed by atoms with E-state index in [9.17, 15) is 14.7 Å². The van der Waals surface area contributed by atoms with Gasteiger partial charge < -0.3 is 10.4 Å². The van der Waals surface area contributed by atoms with Gasteiger partial charge in [-0.05, 0) is 17.5 Å². The van der Waals surface area contributed by atoms with Gasteiger partial charge in [0.15, 0.2) is 0 Å². The molecule has 2 N–H and O–H groups in total. The van der Waals surface area contributed by atoms with Gasteiger partial charge in [0.2, 0.25) is 11.8 Å². The number of thiophene rings is 1. The quantitative estimate of drug-likeness (QED) is 0.780. The van der Waals surface area contributed by atoms with Gasteiger partial charge in [-0.15, -0.1) is 11.3 Å². The SMILES string of the molecule is CC(=O)n1c(O)c(C(=O)NCc2cccs2)c2ccccc21. The zero-order valence-electron chi connectivity index (χ0n) is 11.9. The van der Waals surface area contributed by atoms with Gasteiger partial charge in [0, 0.05) is 17.2 Å². The monoisotopic (exact) mass is 314 g/mol. The van der Waals surface area contributed by atoms with Gasteiger partial charge in [0.1, 0.15) is 5.56 Å². The summed E-state index contributed by atoms with van der Waals surface area (Å²) in [5.41, 5.74) is 0.649. The second-order valence-corrected chi connectivity index (χ2v) is 5.86. The van der Waals surface area contributed by atoms with Gasteiger partial charge in [-0.25, -0.2) is 4.57 Å². The number of amides is 1. The number of aromatic nitrogens is 1. The lowest BCUT2D eigenvalue weighted by atomic mass is 10.1. The molecule has 2 heterocycles. The third-order valence-electron chi connectivity index (χ3n) is 3.39. The largest absolute Gasteiger partial charge is 0.494 e. The van der Waals surface area contributed by atoms with Crippen LogP contribution in [0.4, 0.5) is 0 Å². The summed E-state index contributed by atoms with van der Waals surface area (Å²) in [4.78, 5) is 25.2. The topological polar surface area (TPSA) is 71.3 Å². The molecular formula is C16H14N2O3S. The number of nitrogens with zero attached hydrogens (tertiary/aromatic N) is 1. The Morgan fingerprint density at radius 3 is 2.68 bits per heavy atom. The van der Waals surface area contributed by atoms with Crippen LogP contribution in [0, 0.1) is 0 Å². The number of carbonyl (C=O) groups is 2. The summed E-state index contributed by atoms with van der Waals surface area (Å²) in [6.07, 6.45) is 0. The molecule has 0 unspecified atom stereocenters. The zero-order chi connectivity index (χ0) is 15.7. The lowest BCUT2D eigenvalue weighted by Crippen LogP contribution is -2.22. The maximum Gasteiger partial charge on any atom is 0.257 e. The molecule has 0 radical (unpaired) electrons. The van der Waals surface area contributed by atoms with E-state index in [0.29, 0.717) is 17.4 Å². The van der Waals surface area contributed by atoms with E-state index < -0.39 is 5.91 Å². The van der Waals surface area contributed by atoms with E-state index in [2.05, 4.69) is 5.32 Å². The fourth-order valence-electron chi connectivity index (χ4n) is 2.44. The molecule has 0 aliphatic heterocycles. The Kier molecular flexibility index (Phi) is 3.68. The average molecular weight is 314 g/mol. The van der Waals surface area contributed by atoms with Crippen molar-refractivity contribution in [2.45, 2.75) is 13.5 Å². The Bertz CT molecular complexity index is 850. The van der Waals surface area contributed by atoms with Crippen LogP contribution in [0.15, 0.2) is 41.8 Å². The molecule has 0 bridgehead atoms. The zero-order valence-corrected chi connectivity index (χ0v) is 12.7. The lowest BCUT2D eigenvalue weighted by molar-refractivity contribution is 0.0931. The summed E-state index contributed by atoms with van der Waals surface area (Å²) in [6, 6.07) is 10.8. The van der Waals surface area contributed by atoms with Crippen molar-refractivity contribution >= 4 is 34.1 Å².